The molecule has 0 saturated heterocycles. The number of nitrogens with zero attached hydrogens (tertiary/aromatic N) is 1. The van der Waals surface area contributed by atoms with Crippen LogP contribution in [-0.4, -0.2) is 17.9 Å². The van der Waals surface area contributed by atoms with Gasteiger partial charge in [0.1, 0.15) is 5.75 Å². The third-order valence-electron chi connectivity index (χ3n) is 5.65. The molecule has 0 bridgehead atoms. The fraction of sp³-hybridized carbons (Fsp3) is 0.217. The third-order valence-corrected chi connectivity index (χ3v) is 6.15. The van der Waals surface area contributed by atoms with Crippen LogP contribution in [0.15, 0.2) is 64.4 Å². The molecule has 2 aliphatic rings. The van der Waals surface area contributed by atoms with Crippen molar-refractivity contribution < 1.29 is 9.53 Å². The summed E-state index contributed by atoms with van der Waals surface area (Å²) in [6.45, 7) is 0. The highest BCUT2D eigenvalue weighted by Gasteiger charge is 2.37. The van der Waals surface area contributed by atoms with Crippen molar-refractivity contribution in [3.05, 3.63) is 75.5 Å². The molecule has 3 aromatic rings. The van der Waals surface area contributed by atoms with Crippen molar-refractivity contribution in [2.75, 3.05) is 12.4 Å². The maximum Gasteiger partial charge on any atom is 0.161 e. The first-order valence-corrected chi connectivity index (χ1v) is 10.2. The molecular formula is C23H19BrN2O2. The molecule has 0 spiro atoms. The number of fused-ring (bicyclic) bond motifs is 3. The molecule has 2 heterocycles. The lowest BCUT2D eigenvalue weighted by molar-refractivity contribution is -0.116. The molecule has 1 atom stereocenters. The molecule has 4 nitrogen and oxygen atoms in total. The predicted octanol–water partition coefficient (Wildman–Crippen LogP) is 5.57. The number of Topliss-reactive ketones (excluding diaryl/α,β-unsaturated/α-hetero) is 1. The molecule has 0 saturated carbocycles. The molecule has 28 heavy (non-hydrogen) atoms. The van der Waals surface area contributed by atoms with E-state index in [1.807, 2.05) is 24.3 Å². The van der Waals surface area contributed by atoms with Crippen molar-refractivity contribution in [2.45, 2.75) is 25.2 Å². The molecule has 1 N–H and O–H groups in total. The summed E-state index contributed by atoms with van der Waals surface area (Å²) >= 11 is 3.59. The van der Waals surface area contributed by atoms with Crippen molar-refractivity contribution in [1.82, 2.24) is 4.98 Å². The highest BCUT2D eigenvalue weighted by molar-refractivity contribution is 9.10. The Morgan fingerprint density at radius 2 is 2.04 bits per heavy atom. The van der Waals surface area contributed by atoms with Crippen LogP contribution in [0.4, 0.5) is 5.69 Å². The van der Waals surface area contributed by atoms with Gasteiger partial charge in [0.15, 0.2) is 5.78 Å². The Balaban J connectivity index is 1.83. The van der Waals surface area contributed by atoms with Gasteiger partial charge in [-0.1, -0.05) is 22.0 Å². The number of allylic oxidation sites excluding steroid dienone is 2. The van der Waals surface area contributed by atoms with E-state index in [1.165, 1.54) is 0 Å². The largest absolute Gasteiger partial charge is 0.496 e. The summed E-state index contributed by atoms with van der Waals surface area (Å²) in [7, 11) is 1.68. The van der Waals surface area contributed by atoms with Gasteiger partial charge in [-0.25, -0.2) is 0 Å². The standard InChI is InChI=1S/C23H19BrN2O2/c1-28-20-10-7-13(24)12-16(20)21-15-8-9-17-14(4-3-11-25-17)23(15)26-18-5-2-6-19(27)22(18)21/h3-4,7-12,21,26H,2,5-6H2,1H3. The fourth-order valence-corrected chi connectivity index (χ4v) is 4.82. The Kier molecular flexibility index (Phi) is 4.20. The van der Waals surface area contributed by atoms with Gasteiger partial charge in [0.25, 0.3) is 0 Å². The molecular weight excluding hydrogens is 416 g/mol. The lowest BCUT2D eigenvalue weighted by Crippen LogP contribution is -2.27. The van der Waals surface area contributed by atoms with Gasteiger partial charge in [-0.3, -0.25) is 9.78 Å². The number of nitrogens with one attached hydrogen (secondary N) is 1. The van der Waals surface area contributed by atoms with Crippen LogP contribution in [0.3, 0.4) is 0 Å². The number of hydrogen-bond donors (Lipinski definition) is 1. The minimum Gasteiger partial charge on any atom is -0.496 e. The van der Waals surface area contributed by atoms with Gasteiger partial charge in [0.05, 0.1) is 18.3 Å². The number of halogens is 1. The number of carbonyl (C=O) groups excluding carboxylic acids is 1. The number of rotatable bonds is 2. The molecule has 140 valence electrons. The summed E-state index contributed by atoms with van der Waals surface area (Å²) in [5.74, 6) is 0.853. The van der Waals surface area contributed by atoms with Gasteiger partial charge >= 0.3 is 0 Å². The van der Waals surface area contributed by atoms with Crippen LogP contribution in [0, 0.1) is 0 Å². The smallest absolute Gasteiger partial charge is 0.161 e. The van der Waals surface area contributed by atoms with E-state index in [2.05, 4.69) is 44.4 Å². The average Bonchev–Trinajstić information content (AvgIpc) is 2.72. The van der Waals surface area contributed by atoms with E-state index < -0.39 is 0 Å². The van der Waals surface area contributed by atoms with E-state index in [9.17, 15) is 4.79 Å². The van der Waals surface area contributed by atoms with E-state index in [4.69, 9.17) is 4.74 Å². The number of anilines is 1. The van der Waals surface area contributed by atoms with Gasteiger partial charge in [-0.05, 0) is 54.8 Å². The molecule has 5 rings (SSSR count). The van der Waals surface area contributed by atoms with Crippen molar-refractivity contribution in [3.63, 3.8) is 0 Å². The number of methoxy groups -OCH3 is 1. The van der Waals surface area contributed by atoms with E-state index >= 15 is 0 Å². The van der Waals surface area contributed by atoms with E-state index in [0.29, 0.717) is 6.42 Å². The maximum absolute atomic E-state index is 13.0. The lowest BCUT2D eigenvalue weighted by atomic mass is 9.75. The molecule has 1 aromatic heterocycles. The molecule has 5 heteroatoms. The predicted molar refractivity (Wildman–Crippen MR) is 114 cm³/mol. The molecule has 2 aromatic carbocycles. The molecule has 0 amide bonds. The first kappa shape index (κ1) is 17.4. The minimum absolute atomic E-state index is 0.156. The van der Waals surface area contributed by atoms with Crippen LogP contribution in [0.5, 0.6) is 5.75 Å². The summed E-state index contributed by atoms with van der Waals surface area (Å²) in [6, 6.07) is 14.2. The normalized spacial score (nSPS) is 18.5. The second-order valence-corrected chi connectivity index (χ2v) is 8.13. The quantitative estimate of drug-likeness (QED) is 0.572. The summed E-state index contributed by atoms with van der Waals surface area (Å²) in [5, 5.41) is 4.66. The van der Waals surface area contributed by atoms with Crippen LogP contribution < -0.4 is 10.1 Å². The van der Waals surface area contributed by atoms with Crippen molar-refractivity contribution >= 4 is 38.3 Å². The van der Waals surface area contributed by atoms with Crippen molar-refractivity contribution in [1.29, 1.82) is 0 Å². The summed E-state index contributed by atoms with van der Waals surface area (Å²) in [4.78, 5) is 17.5. The van der Waals surface area contributed by atoms with Crippen LogP contribution in [-0.2, 0) is 4.79 Å². The van der Waals surface area contributed by atoms with E-state index in [1.54, 1.807) is 13.3 Å². The summed E-state index contributed by atoms with van der Waals surface area (Å²) < 4.78 is 6.65. The van der Waals surface area contributed by atoms with Crippen LogP contribution in [0.2, 0.25) is 0 Å². The third kappa shape index (κ3) is 2.65. The van der Waals surface area contributed by atoms with Gasteiger partial charge in [0, 0.05) is 45.2 Å². The summed E-state index contributed by atoms with van der Waals surface area (Å²) in [5.41, 5.74) is 5.99. The van der Waals surface area contributed by atoms with Gasteiger partial charge in [-0.15, -0.1) is 0 Å². The van der Waals surface area contributed by atoms with Crippen LogP contribution in [0.25, 0.3) is 10.9 Å². The number of pyridine rings is 1. The summed E-state index contributed by atoms with van der Waals surface area (Å²) in [6.07, 6.45) is 4.16. The molecule has 1 aliphatic carbocycles. The van der Waals surface area contributed by atoms with Crippen LogP contribution >= 0.6 is 15.9 Å². The SMILES string of the molecule is COc1ccc(Br)cc1C1C2=C(CCCC2=O)Nc2c1ccc1ncccc21. The Morgan fingerprint density at radius 1 is 1.14 bits per heavy atom. The van der Waals surface area contributed by atoms with Gasteiger partial charge < -0.3 is 10.1 Å². The first-order valence-electron chi connectivity index (χ1n) is 9.41. The van der Waals surface area contributed by atoms with E-state index in [0.717, 1.165) is 62.1 Å². The Hall–Kier alpha value is -2.66. The highest BCUT2D eigenvalue weighted by atomic mass is 79.9. The topological polar surface area (TPSA) is 51.2 Å². The van der Waals surface area contributed by atoms with Crippen molar-refractivity contribution in [3.8, 4) is 5.75 Å². The second kappa shape index (κ2) is 6.74. The number of hydrogen-bond acceptors (Lipinski definition) is 4. The van der Waals surface area contributed by atoms with Gasteiger partial charge in [0.2, 0.25) is 0 Å². The van der Waals surface area contributed by atoms with E-state index in [-0.39, 0.29) is 11.7 Å². The Labute approximate surface area is 171 Å². The first-order chi connectivity index (χ1) is 13.7. The fourth-order valence-electron chi connectivity index (χ4n) is 4.44. The second-order valence-electron chi connectivity index (χ2n) is 7.21. The zero-order valence-corrected chi connectivity index (χ0v) is 17.0. The minimum atomic E-state index is -0.156. The zero-order chi connectivity index (χ0) is 19.3. The number of aromatic nitrogens is 1. The van der Waals surface area contributed by atoms with Crippen molar-refractivity contribution in [2.24, 2.45) is 0 Å². The monoisotopic (exact) mass is 434 g/mol. The number of carbonyl (C=O) groups is 1. The highest BCUT2D eigenvalue weighted by Crippen LogP contribution is 2.49. The number of ketones is 1. The van der Waals surface area contributed by atoms with Crippen LogP contribution in [0.1, 0.15) is 36.3 Å². The number of benzene rings is 2. The maximum atomic E-state index is 13.0. The number of ether oxygens (including phenoxy) is 1. The van der Waals surface area contributed by atoms with Gasteiger partial charge in [-0.2, -0.15) is 0 Å². The lowest BCUT2D eigenvalue weighted by Gasteiger charge is -2.35. The Bertz CT molecular complexity index is 1150. The molecule has 1 unspecified atom stereocenters. The average molecular weight is 435 g/mol. The Morgan fingerprint density at radius 3 is 2.89 bits per heavy atom. The molecule has 0 radical (unpaired) electrons. The zero-order valence-electron chi connectivity index (χ0n) is 15.5. The molecule has 1 aliphatic heterocycles. The molecule has 0 fully saturated rings.